The molecular weight excluding hydrogens is 518 g/mol. The molecule has 1 aromatic heterocycles. The Bertz CT molecular complexity index is 1340. The first-order valence-corrected chi connectivity index (χ1v) is 13.5. The summed E-state index contributed by atoms with van der Waals surface area (Å²) in [5.74, 6) is -1.91. The molecule has 1 fully saturated rings. The van der Waals surface area contributed by atoms with Crippen LogP contribution in [0, 0.1) is 6.92 Å². The predicted octanol–water partition coefficient (Wildman–Crippen LogP) is 3.64. The van der Waals surface area contributed by atoms with E-state index in [2.05, 4.69) is 5.32 Å². The molecule has 1 saturated heterocycles. The largest absolute Gasteiger partial charge is 0.497 e. The maximum Gasteiger partial charge on any atom is 0.305 e. The van der Waals surface area contributed by atoms with Crippen LogP contribution >= 0.6 is 11.3 Å². The first-order chi connectivity index (χ1) is 18.8. The van der Waals surface area contributed by atoms with Crippen LogP contribution in [0.1, 0.15) is 45.2 Å². The zero-order chi connectivity index (χ0) is 27.9. The van der Waals surface area contributed by atoms with Crippen LogP contribution in [0.15, 0.2) is 66.0 Å². The van der Waals surface area contributed by atoms with E-state index in [9.17, 15) is 24.3 Å². The number of carboxylic acid groups (broad SMARTS) is 1. The van der Waals surface area contributed by atoms with Gasteiger partial charge >= 0.3 is 5.97 Å². The summed E-state index contributed by atoms with van der Waals surface area (Å²) in [6, 6.07) is 16.7. The number of nitrogens with zero attached hydrogens (tertiary/aromatic N) is 2. The van der Waals surface area contributed by atoms with Crippen molar-refractivity contribution in [2.75, 3.05) is 20.2 Å². The molecule has 2 unspecified atom stereocenters. The molecule has 0 spiro atoms. The molecule has 0 aliphatic carbocycles. The lowest BCUT2D eigenvalue weighted by Gasteiger charge is -2.43. The summed E-state index contributed by atoms with van der Waals surface area (Å²) in [6.45, 7) is 2.42. The van der Waals surface area contributed by atoms with E-state index in [0.29, 0.717) is 23.3 Å². The number of nitrogens with one attached hydrogen (secondary N) is 1. The van der Waals surface area contributed by atoms with E-state index in [-0.39, 0.29) is 31.8 Å². The highest BCUT2D eigenvalue weighted by atomic mass is 32.1. The van der Waals surface area contributed by atoms with Gasteiger partial charge in [-0.25, -0.2) is 0 Å². The van der Waals surface area contributed by atoms with Crippen molar-refractivity contribution in [1.82, 2.24) is 15.1 Å². The third-order valence-corrected chi connectivity index (χ3v) is 7.44. The molecule has 0 saturated carbocycles. The number of rotatable bonds is 9. The quantitative estimate of drug-likeness (QED) is 0.421. The number of carbonyl (C=O) groups is 4. The smallest absolute Gasteiger partial charge is 0.305 e. The summed E-state index contributed by atoms with van der Waals surface area (Å²) in [5, 5.41) is 14.3. The van der Waals surface area contributed by atoms with Crippen LogP contribution in [0.25, 0.3) is 0 Å². The summed E-state index contributed by atoms with van der Waals surface area (Å²) < 4.78 is 5.26. The summed E-state index contributed by atoms with van der Waals surface area (Å²) in [6.07, 6.45) is -1.01. The van der Waals surface area contributed by atoms with Crippen LogP contribution in [0.3, 0.4) is 0 Å². The van der Waals surface area contributed by atoms with Gasteiger partial charge < -0.3 is 25.0 Å². The maximum absolute atomic E-state index is 13.9. The van der Waals surface area contributed by atoms with Gasteiger partial charge in [-0.2, -0.15) is 0 Å². The number of ether oxygens (including phenoxy) is 1. The number of hydrogen-bond donors (Lipinski definition) is 2. The summed E-state index contributed by atoms with van der Waals surface area (Å²) >= 11 is 1.44. The van der Waals surface area contributed by atoms with Crippen molar-refractivity contribution in [3.05, 3.63) is 87.6 Å². The van der Waals surface area contributed by atoms with E-state index in [0.717, 1.165) is 10.4 Å². The second-order valence-electron chi connectivity index (χ2n) is 9.37. The van der Waals surface area contributed by atoms with Crippen molar-refractivity contribution in [2.24, 2.45) is 0 Å². The lowest BCUT2D eigenvalue weighted by Crippen LogP contribution is -2.64. The van der Waals surface area contributed by atoms with Gasteiger partial charge in [0.25, 0.3) is 11.8 Å². The van der Waals surface area contributed by atoms with Gasteiger partial charge in [0.15, 0.2) is 6.17 Å². The Hall–Kier alpha value is -4.18. The Morgan fingerprint density at radius 3 is 2.51 bits per heavy atom. The highest BCUT2D eigenvalue weighted by molar-refractivity contribution is 7.10. The third kappa shape index (κ3) is 6.83. The average molecular weight is 550 g/mol. The van der Waals surface area contributed by atoms with Gasteiger partial charge in [-0.05, 0) is 48.6 Å². The van der Waals surface area contributed by atoms with Crippen molar-refractivity contribution >= 4 is 35.0 Å². The minimum atomic E-state index is -1.24. The Kier molecular flexibility index (Phi) is 8.98. The Morgan fingerprint density at radius 1 is 1.05 bits per heavy atom. The van der Waals surface area contributed by atoms with Crippen molar-refractivity contribution in [2.45, 2.75) is 38.4 Å². The van der Waals surface area contributed by atoms with E-state index in [4.69, 9.17) is 4.74 Å². The fraction of sp³-hybridized carbons (Fsp3) is 0.310. The highest BCUT2D eigenvalue weighted by Crippen LogP contribution is 2.25. The number of carbonyl (C=O) groups excluding carboxylic acids is 3. The van der Waals surface area contributed by atoms with Gasteiger partial charge in [0.2, 0.25) is 5.91 Å². The average Bonchev–Trinajstić information content (AvgIpc) is 3.44. The molecule has 2 heterocycles. The van der Waals surface area contributed by atoms with E-state index in [1.165, 1.54) is 28.2 Å². The van der Waals surface area contributed by atoms with Gasteiger partial charge in [0, 0.05) is 23.5 Å². The SMILES string of the molecule is COc1cccc(C(=O)N2CCCN(C(=O)Cc3cccs3)C2C(=O)NC(CC(=O)O)c2cccc(C)c2)c1. The molecule has 3 amide bonds. The third-order valence-electron chi connectivity index (χ3n) is 6.57. The number of amides is 3. The molecule has 10 heteroatoms. The number of benzene rings is 2. The second kappa shape index (κ2) is 12.6. The zero-order valence-corrected chi connectivity index (χ0v) is 22.6. The molecule has 2 aromatic carbocycles. The van der Waals surface area contributed by atoms with E-state index >= 15 is 0 Å². The lowest BCUT2D eigenvalue weighted by atomic mass is 10.0. The molecule has 39 heavy (non-hydrogen) atoms. The fourth-order valence-electron chi connectivity index (χ4n) is 4.73. The van der Waals surface area contributed by atoms with Crippen LogP contribution in [0.4, 0.5) is 0 Å². The van der Waals surface area contributed by atoms with Crippen LogP contribution in [-0.4, -0.2) is 65.0 Å². The van der Waals surface area contributed by atoms with Crippen LogP contribution < -0.4 is 10.1 Å². The molecule has 0 bridgehead atoms. The monoisotopic (exact) mass is 549 g/mol. The number of methoxy groups -OCH3 is 1. The number of aliphatic carboxylic acids is 1. The molecule has 2 N–H and O–H groups in total. The molecule has 1 aliphatic heterocycles. The molecular formula is C29H31N3O6S. The normalized spacial score (nSPS) is 15.9. The summed E-state index contributed by atoms with van der Waals surface area (Å²) in [5.41, 5.74) is 1.86. The lowest BCUT2D eigenvalue weighted by molar-refractivity contribution is -0.149. The highest BCUT2D eigenvalue weighted by Gasteiger charge is 2.41. The van der Waals surface area contributed by atoms with Gasteiger partial charge in [-0.15, -0.1) is 11.3 Å². The molecule has 3 aromatic rings. The minimum absolute atomic E-state index is 0.0963. The molecule has 2 atom stereocenters. The van der Waals surface area contributed by atoms with Gasteiger partial charge in [-0.3, -0.25) is 19.2 Å². The first kappa shape index (κ1) is 27.8. The van der Waals surface area contributed by atoms with Gasteiger partial charge in [0.05, 0.1) is 26.0 Å². The van der Waals surface area contributed by atoms with Gasteiger partial charge in [-0.1, -0.05) is 42.0 Å². The van der Waals surface area contributed by atoms with Gasteiger partial charge in [0.1, 0.15) is 5.75 Å². The number of hydrogen-bond acceptors (Lipinski definition) is 6. The van der Waals surface area contributed by atoms with Crippen molar-refractivity contribution < 1.29 is 29.0 Å². The summed E-state index contributed by atoms with van der Waals surface area (Å²) in [7, 11) is 1.50. The van der Waals surface area contributed by atoms with Crippen LogP contribution in [0.5, 0.6) is 5.75 Å². The summed E-state index contributed by atoms with van der Waals surface area (Å²) in [4.78, 5) is 56.4. The minimum Gasteiger partial charge on any atom is -0.497 e. The second-order valence-corrected chi connectivity index (χ2v) is 10.4. The van der Waals surface area contributed by atoms with E-state index in [1.807, 2.05) is 36.6 Å². The van der Waals surface area contributed by atoms with E-state index < -0.39 is 30.0 Å². The molecule has 0 radical (unpaired) electrons. The fourth-order valence-corrected chi connectivity index (χ4v) is 5.42. The molecule has 4 rings (SSSR count). The van der Waals surface area contributed by atoms with Crippen molar-refractivity contribution in [3.63, 3.8) is 0 Å². The van der Waals surface area contributed by atoms with E-state index in [1.54, 1.807) is 36.4 Å². The first-order valence-electron chi connectivity index (χ1n) is 12.6. The molecule has 9 nitrogen and oxygen atoms in total. The maximum atomic E-state index is 13.9. The standard InChI is InChI=1S/C29H31N3O6S/c1-19-7-3-8-20(15-19)24(18-26(34)35)30-27(36)28-31(25(33)17-23-11-5-14-39-23)12-6-13-32(28)29(37)21-9-4-10-22(16-21)38-2/h3-5,7-11,14-16,24,28H,6,12-13,17-18H2,1-2H3,(H,30,36)(H,34,35). The topological polar surface area (TPSA) is 116 Å². The molecule has 1 aliphatic rings. The molecule has 204 valence electrons. The Morgan fingerprint density at radius 2 is 1.82 bits per heavy atom. The Labute approximate surface area is 231 Å². The Balaban J connectivity index is 1.68. The predicted molar refractivity (Wildman–Crippen MR) is 146 cm³/mol. The van der Waals surface area contributed by atoms with Crippen molar-refractivity contribution in [3.8, 4) is 5.75 Å². The number of thiophene rings is 1. The number of carboxylic acids is 1. The van der Waals surface area contributed by atoms with Crippen LogP contribution in [-0.2, 0) is 20.8 Å². The zero-order valence-electron chi connectivity index (χ0n) is 21.8. The van der Waals surface area contributed by atoms with Crippen LogP contribution in [0.2, 0.25) is 0 Å². The number of aryl methyl sites for hydroxylation is 1. The van der Waals surface area contributed by atoms with Crippen molar-refractivity contribution in [1.29, 1.82) is 0 Å².